The van der Waals surface area contributed by atoms with E-state index in [1.165, 1.54) is 11.1 Å². The van der Waals surface area contributed by atoms with E-state index in [9.17, 15) is 4.79 Å². The molecule has 0 aliphatic carbocycles. The lowest BCUT2D eigenvalue weighted by Crippen LogP contribution is -2.49. The van der Waals surface area contributed by atoms with Crippen molar-refractivity contribution >= 4 is 5.91 Å². The molecule has 0 aliphatic rings. The van der Waals surface area contributed by atoms with E-state index < -0.39 is 6.04 Å². The summed E-state index contributed by atoms with van der Waals surface area (Å²) < 4.78 is 0. The van der Waals surface area contributed by atoms with E-state index in [0.717, 1.165) is 5.56 Å². The van der Waals surface area contributed by atoms with E-state index in [2.05, 4.69) is 37.4 Å². The van der Waals surface area contributed by atoms with Gasteiger partial charge in [-0.25, -0.2) is 0 Å². The highest BCUT2D eigenvalue weighted by Crippen LogP contribution is 2.21. The Bertz CT molecular complexity index is 460. The summed E-state index contributed by atoms with van der Waals surface area (Å²) in [6, 6.07) is 5.75. The molecule has 0 saturated carbocycles. The van der Waals surface area contributed by atoms with E-state index >= 15 is 0 Å². The summed E-state index contributed by atoms with van der Waals surface area (Å²) >= 11 is 0. The second-order valence-electron chi connectivity index (χ2n) is 6.43. The second kappa shape index (κ2) is 5.74. The molecule has 1 rings (SSSR count). The normalized spacial score (nSPS) is 14.9. The number of benzene rings is 1. The summed E-state index contributed by atoms with van der Waals surface area (Å²) in [6.45, 7) is 12.0. The number of amides is 1. The molecule has 0 radical (unpaired) electrons. The number of carbonyl (C=O) groups is 1. The van der Waals surface area contributed by atoms with Crippen molar-refractivity contribution in [3.63, 3.8) is 0 Å². The molecule has 1 aromatic carbocycles. The third-order valence-electron chi connectivity index (χ3n) is 3.48. The molecule has 1 amide bonds. The van der Waals surface area contributed by atoms with Crippen LogP contribution < -0.4 is 11.1 Å². The summed E-state index contributed by atoms with van der Waals surface area (Å²) in [5, 5.41) is 3.01. The van der Waals surface area contributed by atoms with Gasteiger partial charge in [0.1, 0.15) is 0 Å². The molecule has 1 aromatic rings. The van der Waals surface area contributed by atoms with Crippen molar-refractivity contribution in [2.45, 2.75) is 53.6 Å². The zero-order valence-corrected chi connectivity index (χ0v) is 12.9. The Hall–Kier alpha value is -1.35. The third kappa shape index (κ3) is 4.06. The smallest absolute Gasteiger partial charge is 0.237 e. The van der Waals surface area contributed by atoms with Crippen LogP contribution in [0.15, 0.2) is 18.2 Å². The zero-order chi connectivity index (χ0) is 14.8. The van der Waals surface area contributed by atoms with Crippen LogP contribution in [0.3, 0.4) is 0 Å². The predicted octanol–water partition coefficient (Wildman–Crippen LogP) is 2.85. The number of carbonyl (C=O) groups excluding carboxylic acids is 1. The topological polar surface area (TPSA) is 55.1 Å². The van der Waals surface area contributed by atoms with Crippen molar-refractivity contribution < 1.29 is 4.79 Å². The van der Waals surface area contributed by atoms with Crippen LogP contribution in [0.25, 0.3) is 0 Å². The Labute approximate surface area is 116 Å². The van der Waals surface area contributed by atoms with Crippen molar-refractivity contribution in [2.75, 3.05) is 0 Å². The third-order valence-corrected chi connectivity index (χ3v) is 3.48. The molecule has 3 heteroatoms. The number of rotatable bonds is 3. The van der Waals surface area contributed by atoms with Crippen LogP contribution in [-0.2, 0) is 4.79 Å². The first kappa shape index (κ1) is 15.7. The van der Waals surface area contributed by atoms with Gasteiger partial charge < -0.3 is 11.1 Å². The van der Waals surface area contributed by atoms with Crippen LogP contribution in [0.2, 0.25) is 0 Å². The summed E-state index contributed by atoms with van der Waals surface area (Å²) in [7, 11) is 0. The Balaban J connectivity index is 2.83. The maximum Gasteiger partial charge on any atom is 0.237 e. The number of nitrogens with two attached hydrogens (primary N) is 1. The van der Waals surface area contributed by atoms with Crippen LogP contribution >= 0.6 is 0 Å². The number of aryl methyl sites for hydroxylation is 2. The molecule has 0 aliphatic heterocycles. The van der Waals surface area contributed by atoms with Crippen molar-refractivity contribution in [3.8, 4) is 0 Å². The molecule has 0 heterocycles. The average molecular weight is 262 g/mol. The minimum absolute atomic E-state index is 0.0270. The van der Waals surface area contributed by atoms with Gasteiger partial charge in [-0.2, -0.15) is 0 Å². The van der Waals surface area contributed by atoms with Gasteiger partial charge in [-0.15, -0.1) is 0 Å². The summed E-state index contributed by atoms with van der Waals surface area (Å²) in [5.41, 5.74) is 9.27. The molecule has 106 valence electrons. The maximum atomic E-state index is 12.1. The molecule has 0 bridgehead atoms. The second-order valence-corrected chi connectivity index (χ2v) is 6.43. The highest BCUT2D eigenvalue weighted by atomic mass is 16.2. The van der Waals surface area contributed by atoms with Gasteiger partial charge in [0.05, 0.1) is 12.1 Å². The van der Waals surface area contributed by atoms with Gasteiger partial charge in [0.25, 0.3) is 0 Å². The molecule has 19 heavy (non-hydrogen) atoms. The van der Waals surface area contributed by atoms with Crippen molar-refractivity contribution in [1.82, 2.24) is 5.32 Å². The molecule has 3 nitrogen and oxygen atoms in total. The van der Waals surface area contributed by atoms with Gasteiger partial charge in [0.2, 0.25) is 5.91 Å². The predicted molar refractivity (Wildman–Crippen MR) is 79.9 cm³/mol. The van der Waals surface area contributed by atoms with Gasteiger partial charge >= 0.3 is 0 Å². The molecular formula is C16H26N2O. The number of hydrogen-bond acceptors (Lipinski definition) is 2. The highest BCUT2D eigenvalue weighted by Gasteiger charge is 2.28. The first-order chi connectivity index (χ1) is 8.62. The minimum atomic E-state index is -0.500. The fourth-order valence-corrected chi connectivity index (χ4v) is 2.00. The van der Waals surface area contributed by atoms with E-state index in [1.54, 1.807) is 0 Å². The first-order valence-corrected chi connectivity index (χ1v) is 6.76. The zero-order valence-electron chi connectivity index (χ0n) is 12.9. The summed E-state index contributed by atoms with van der Waals surface area (Å²) in [6.07, 6.45) is 0. The molecule has 0 aromatic heterocycles. The van der Waals surface area contributed by atoms with Crippen molar-refractivity contribution in [3.05, 3.63) is 34.9 Å². The highest BCUT2D eigenvalue weighted by molar-refractivity contribution is 5.82. The first-order valence-electron chi connectivity index (χ1n) is 6.76. The quantitative estimate of drug-likeness (QED) is 0.880. The fourth-order valence-electron chi connectivity index (χ4n) is 2.00. The van der Waals surface area contributed by atoms with E-state index in [1.807, 2.05) is 27.7 Å². The molecule has 0 spiro atoms. The Morgan fingerprint density at radius 1 is 1.26 bits per heavy atom. The molecular weight excluding hydrogens is 236 g/mol. The molecule has 3 N–H and O–H groups in total. The monoisotopic (exact) mass is 262 g/mol. The number of hydrogen-bond donors (Lipinski definition) is 2. The Kier molecular flexibility index (Phi) is 4.75. The van der Waals surface area contributed by atoms with Gasteiger partial charge in [0, 0.05) is 0 Å². The van der Waals surface area contributed by atoms with Crippen molar-refractivity contribution in [2.24, 2.45) is 11.1 Å². The average Bonchev–Trinajstić information content (AvgIpc) is 2.29. The standard InChI is InChI=1S/C16H26N2O/c1-10-7-8-11(2)13(9-10)12(3)18-15(19)14(17)16(4,5)6/h7-9,12,14H,17H2,1-6H3,(H,18,19)/t12?,14-/m0/s1. The van der Waals surface area contributed by atoms with Gasteiger partial charge in [-0.05, 0) is 37.3 Å². The molecule has 1 unspecified atom stereocenters. The van der Waals surface area contributed by atoms with Crippen LogP contribution in [0.1, 0.15) is 50.4 Å². The lowest BCUT2D eigenvalue weighted by Gasteiger charge is -2.28. The van der Waals surface area contributed by atoms with E-state index in [-0.39, 0.29) is 17.4 Å². The SMILES string of the molecule is Cc1ccc(C)c(C(C)NC(=O)[C@H](N)C(C)(C)C)c1. The van der Waals surface area contributed by atoms with Gasteiger partial charge in [-0.3, -0.25) is 4.79 Å². The lowest BCUT2D eigenvalue weighted by molar-refractivity contribution is -0.125. The van der Waals surface area contributed by atoms with Crippen LogP contribution in [0.4, 0.5) is 0 Å². The molecule has 2 atom stereocenters. The Morgan fingerprint density at radius 3 is 2.37 bits per heavy atom. The van der Waals surface area contributed by atoms with Crippen molar-refractivity contribution in [1.29, 1.82) is 0 Å². The summed E-state index contributed by atoms with van der Waals surface area (Å²) in [5.74, 6) is -0.0964. The van der Waals surface area contributed by atoms with E-state index in [0.29, 0.717) is 0 Å². The number of nitrogens with one attached hydrogen (secondary N) is 1. The minimum Gasteiger partial charge on any atom is -0.348 e. The molecule has 0 fully saturated rings. The fraction of sp³-hybridized carbons (Fsp3) is 0.562. The van der Waals surface area contributed by atoms with Gasteiger partial charge in [0.15, 0.2) is 0 Å². The van der Waals surface area contributed by atoms with Crippen LogP contribution in [0.5, 0.6) is 0 Å². The lowest BCUT2D eigenvalue weighted by atomic mass is 9.86. The maximum absolute atomic E-state index is 12.1. The van der Waals surface area contributed by atoms with Gasteiger partial charge in [-0.1, -0.05) is 44.5 Å². The molecule has 0 saturated heterocycles. The van der Waals surface area contributed by atoms with Crippen LogP contribution in [0, 0.1) is 19.3 Å². The largest absolute Gasteiger partial charge is 0.348 e. The van der Waals surface area contributed by atoms with E-state index in [4.69, 9.17) is 5.73 Å². The van der Waals surface area contributed by atoms with Crippen LogP contribution in [-0.4, -0.2) is 11.9 Å². The Morgan fingerprint density at radius 2 is 1.84 bits per heavy atom. The summed E-state index contributed by atoms with van der Waals surface area (Å²) in [4.78, 5) is 12.1.